The smallest absolute Gasteiger partial charge is 0.163 e. The molecular weight excluding hydrogens is 592 g/mol. The van der Waals surface area contributed by atoms with E-state index in [4.69, 9.17) is 30.4 Å². The topological polar surface area (TPSA) is 123 Å². The zero-order valence-corrected chi connectivity index (χ0v) is 26.5. The second-order valence-electron chi connectivity index (χ2n) is 10.7. The van der Waals surface area contributed by atoms with Crippen molar-refractivity contribution in [2.24, 2.45) is 11.5 Å². The van der Waals surface area contributed by atoms with Crippen LogP contribution < -0.4 is 30.4 Å². The molecule has 4 aromatic carbocycles. The average Bonchev–Trinajstić information content (AvgIpc) is 3.10. The van der Waals surface area contributed by atoms with Gasteiger partial charge in [0.25, 0.3) is 0 Å². The molecule has 0 atom stereocenters. The van der Waals surface area contributed by atoms with Gasteiger partial charge in [-0.05, 0) is 84.6 Å². The van der Waals surface area contributed by atoms with E-state index in [0.29, 0.717) is 62.5 Å². The lowest BCUT2D eigenvalue weighted by molar-refractivity contribution is -0.121. The molecule has 0 aliphatic heterocycles. The molecule has 0 aromatic heterocycles. The van der Waals surface area contributed by atoms with Crippen LogP contribution in [0.25, 0.3) is 12.2 Å². The Labute approximate surface area is 276 Å². The fraction of sp³-hybridized carbons (Fsp3) is 0.231. The molecule has 244 valence electrons. The number of allylic oxidation sites excluding steroid dienone is 2. The van der Waals surface area contributed by atoms with Crippen LogP contribution >= 0.6 is 0 Å². The molecule has 0 aliphatic rings. The highest BCUT2D eigenvalue weighted by Crippen LogP contribution is 2.31. The van der Waals surface area contributed by atoms with Crippen molar-refractivity contribution in [1.29, 1.82) is 0 Å². The van der Waals surface area contributed by atoms with Crippen LogP contribution in [0.4, 0.5) is 0 Å². The van der Waals surface area contributed by atoms with Crippen molar-refractivity contribution in [2.75, 3.05) is 26.3 Å². The summed E-state index contributed by atoms with van der Waals surface area (Å²) in [7, 11) is 0. The average molecular weight is 635 g/mol. The minimum absolute atomic E-state index is 0.262. The number of benzene rings is 4. The summed E-state index contributed by atoms with van der Waals surface area (Å²) in [5, 5.41) is 0. The zero-order chi connectivity index (χ0) is 33.1. The second-order valence-corrected chi connectivity index (χ2v) is 10.7. The van der Waals surface area contributed by atoms with Crippen molar-refractivity contribution < 1.29 is 28.5 Å². The van der Waals surface area contributed by atoms with E-state index in [1.165, 1.54) is 12.2 Å². The predicted molar refractivity (Wildman–Crippen MR) is 185 cm³/mol. The van der Waals surface area contributed by atoms with Gasteiger partial charge >= 0.3 is 0 Å². The molecule has 47 heavy (non-hydrogen) atoms. The minimum atomic E-state index is -0.315. The Hall–Kier alpha value is -5.18. The minimum Gasteiger partial charge on any atom is -0.490 e. The first-order chi connectivity index (χ1) is 23.0. The van der Waals surface area contributed by atoms with Gasteiger partial charge in [-0.1, -0.05) is 84.9 Å². The first kappa shape index (κ1) is 34.7. The van der Waals surface area contributed by atoms with Gasteiger partial charge in [-0.2, -0.15) is 0 Å². The molecule has 0 spiro atoms. The summed E-state index contributed by atoms with van der Waals surface area (Å²) >= 11 is 0. The highest BCUT2D eigenvalue weighted by molar-refractivity contribution is 6.10. The Morgan fingerprint density at radius 3 is 1.36 bits per heavy atom. The molecule has 0 saturated heterocycles. The SMILES string of the molecule is NCCCOc1ccc(/C=C/C(=O)CC(=O)/C=C/c2ccc(OCCCN)c(OCc3ccccc3)c2)cc1OCc1ccccc1. The number of ketones is 2. The molecule has 4 aromatic rings. The summed E-state index contributed by atoms with van der Waals surface area (Å²) in [6.45, 7) is 2.72. The van der Waals surface area contributed by atoms with Crippen molar-refractivity contribution in [3.05, 3.63) is 131 Å². The Kier molecular flexibility index (Phi) is 14.3. The monoisotopic (exact) mass is 634 g/mol. The highest BCUT2D eigenvalue weighted by atomic mass is 16.5. The number of rotatable bonds is 20. The molecule has 0 bridgehead atoms. The van der Waals surface area contributed by atoms with Gasteiger partial charge < -0.3 is 30.4 Å². The third-order valence-electron chi connectivity index (χ3n) is 6.89. The number of carbonyl (C=O) groups is 2. The van der Waals surface area contributed by atoms with Gasteiger partial charge in [0.05, 0.1) is 19.6 Å². The first-order valence-electron chi connectivity index (χ1n) is 15.7. The van der Waals surface area contributed by atoms with Crippen LogP contribution in [0.5, 0.6) is 23.0 Å². The maximum atomic E-state index is 12.7. The third-order valence-corrected chi connectivity index (χ3v) is 6.89. The first-order valence-corrected chi connectivity index (χ1v) is 15.7. The molecule has 0 saturated carbocycles. The summed E-state index contributed by atoms with van der Waals surface area (Å²) in [6, 6.07) is 30.5. The summed E-state index contributed by atoms with van der Waals surface area (Å²) < 4.78 is 23.8. The van der Waals surface area contributed by atoms with Gasteiger partial charge in [0.2, 0.25) is 0 Å². The predicted octanol–water partition coefficient (Wildman–Crippen LogP) is 6.55. The highest BCUT2D eigenvalue weighted by Gasteiger charge is 2.10. The number of hydrogen-bond acceptors (Lipinski definition) is 8. The van der Waals surface area contributed by atoms with Crippen LogP contribution in [-0.4, -0.2) is 37.9 Å². The maximum Gasteiger partial charge on any atom is 0.163 e. The Bertz CT molecular complexity index is 1500. The number of ether oxygens (including phenoxy) is 4. The second kappa shape index (κ2) is 19.4. The van der Waals surface area contributed by atoms with E-state index in [9.17, 15) is 9.59 Å². The fourth-order valence-electron chi connectivity index (χ4n) is 4.39. The van der Waals surface area contributed by atoms with Gasteiger partial charge in [-0.15, -0.1) is 0 Å². The summed E-state index contributed by atoms with van der Waals surface area (Å²) in [5.74, 6) is 1.68. The van der Waals surface area contributed by atoms with Crippen LogP contribution in [0.2, 0.25) is 0 Å². The molecule has 0 unspecified atom stereocenters. The summed E-state index contributed by atoms with van der Waals surface area (Å²) in [4.78, 5) is 25.3. The normalized spacial score (nSPS) is 11.1. The quantitative estimate of drug-likeness (QED) is 0.0637. The Morgan fingerprint density at radius 1 is 0.532 bits per heavy atom. The van der Waals surface area contributed by atoms with Gasteiger partial charge in [-0.3, -0.25) is 9.59 Å². The van der Waals surface area contributed by atoms with E-state index in [2.05, 4.69) is 0 Å². The molecule has 0 aliphatic carbocycles. The van der Waals surface area contributed by atoms with E-state index in [-0.39, 0.29) is 18.0 Å². The van der Waals surface area contributed by atoms with Crippen molar-refractivity contribution in [2.45, 2.75) is 32.5 Å². The van der Waals surface area contributed by atoms with Gasteiger partial charge in [0.15, 0.2) is 34.6 Å². The van der Waals surface area contributed by atoms with Gasteiger partial charge in [-0.25, -0.2) is 0 Å². The maximum absolute atomic E-state index is 12.7. The molecule has 0 amide bonds. The van der Waals surface area contributed by atoms with E-state index in [0.717, 1.165) is 35.1 Å². The summed E-state index contributed by atoms with van der Waals surface area (Å²) in [5.41, 5.74) is 14.7. The van der Waals surface area contributed by atoms with Crippen LogP contribution in [0.15, 0.2) is 109 Å². The van der Waals surface area contributed by atoms with Crippen molar-refractivity contribution in [3.8, 4) is 23.0 Å². The Balaban J connectivity index is 1.37. The third kappa shape index (κ3) is 12.3. The van der Waals surface area contributed by atoms with Crippen molar-refractivity contribution in [1.82, 2.24) is 0 Å². The van der Waals surface area contributed by atoms with Crippen LogP contribution in [0.1, 0.15) is 41.5 Å². The van der Waals surface area contributed by atoms with Crippen LogP contribution in [-0.2, 0) is 22.8 Å². The van der Waals surface area contributed by atoms with E-state index < -0.39 is 0 Å². The summed E-state index contributed by atoms with van der Waals surface area (Å²) in [6.07, 6.45) is 7.31. The zero-order valence-electron chi connectivity index (χ0n) is 26.5. The van der Waals surface area contributed by atoms with Gasteiger partial charge in [0, 0.05) is 0 Å². The van der Waals surface area contributed by atoms with E-state index in [1.54, 1.807) is 24.3 Å². The molecule has 0 fully saturated rings. The lowest BCUT2D eigenvalue weighted by Crippen LogP contribution is -2.07. The van der Waals surface area contributed by atoms with Crippen LogP contribution in [0, 0.1) is 0 Å². The van der Waals surface area contributed by atoms with Gasteiger partial charge in [0.1, 0.15) is 13.2 Å². The lowest BCUT2D eigenvalue weighted by atomic mass is 10.1. The standard InChI is InChI=1S/C39H42N2O6/c40-21-7-23-44-36-19-15-30(25-38(36)46-28-32-9-3-1-4-10-32)13-17-34(42)27-35(43)18-14-31-16-20-37(45-24-8-22-41)39(26-31)47-29-33-11-5-2-6-12-33/h1-6,9-20,25-26H,7-8,21-24,27-29,40-41H2/b17-13+,18-14+. The molecule has 0 heterocycles. The molecule has 8 nitrogen and oxygen atoms in total. The van der Waals surface area contributed by atoms with Crippen molar-refractivity contribution >= 4 is 23.7 Å². The molecule has 4 rings (SSSR count). The van der Waals surface area contributed by atoms with E-state index in [1.807, 2.05) is 84.9 Å². The fourth-order valence-corrected chi connectivity index (χ4v) is 4.39. The van der Waals surface area contributed by atoms with Crippen LogP contribution in [0.3, 0.4) is 0 Å². The molecule has 8 heteroatoms. The molecule has 4 N–H and O–H groups in total. The number of hydrogen-bond donors (Lipinski definition) is 2. The van der Waals surface area contributed by atoms with E-state index >= 15 is 0 Å². The number of nitrogens with two attached hydrogens (primary N) is 2. The lowest BCUT2D eigenvalue weighted by Gasteiger charge is -2.13. The Morgan fingerprint density at radius 2 is 0.957 bits per heavy atom. The molecule has 0 radical (unpaired) electrons. The number of carbonyl (C=O) groups excluding carboxylic acids is 2. The van der Waals surface area contributed by atoms with Crippen molar-refractivity contribution in [3.63, 3.8) is 0 Å². The largest absolute Gasteiger partial charge is 0.490 e. The molecular formula is C39H42N2O6.